The molecule has 6 heteroatoms. The molecule has 0 aliphatic heterocycles. The molecule has 3 aromatic rings. The summed E-state index contributed by atoms with van der Waals surface area (Å²) in [6.45, 7) is 0.522. The van der Waals surface area contributed by atoms with E-state index in [1.165, 1.54) is 6.26 Å². The maximum atomic E-state index is 11.6. The molecule has 3 rings (SSSR count). The topological polar surface area (TPSA) is 82.3 Å². The summed E-state index contributed by atoms with van der Waals surface area (Å²) < 4.78 is 28.4. The molecule has 0 saturated heterocycles. The van der Waals surface area contributed by atoms with E-state index in [1.54, 1.807) is 37.6 Å². The Bertz CT molecular complexity index is 1030. The van der Waals surface area contributed by atoms with Crippen LogP contribution in [0, 0.1) is 0 Å². The van der Waals surface area contributed by atoms with Crippen molar-refractivity contribution in [3.63, 3.8) is 0 Å². The minimum Gasteiger partial charge on any atom is -0.383 e. The van der Waals surface area contributed by atoms with Crippen molar-refractivity contribution >= 4 is 15.7 Å². The number of pyridine rings is 1. The van der Waals surface area contributed by atoms with Gasteiger partial charge in [-0.3, -0.25) is 0 Å². The van der Waals surface area contributed by atoms with Gasteiger partial charge in [0.1, 0.15) is 5.82 Å². The Morgan fingerprint density at radius 1 is 1.00 bits per heavy atom. The molecule has 5 nitrogen and oxygen atoms in total. The first kappa shape index (κ1) is 18.1. The highest BCUT2D eigenvalue weighted by atomic mass is 32.2. The van der Waals surface area contributed by atoms with Gasteiger partial charge < -0.3 is 10.5 Å². The third-order valence-electron chi connectivity index (χ3n) is 4.08. The van der Waals surface area contributed by atoms with Gasteiger partial charge >= 0.3 is 0 Å². The van der Waals surface area contributed by atoms with Crippen LogP contribution < -0.4 is 5.73 Å². The number of anilines is 1. The molecule has 1 aromatic heterocycles. The molecule has 2 aromatic carbocycles. The van der Waals surface area contributed by atoms with Crippen LogP contribution in [0.2, 0.25) is 0 Å². The van der Waals surface area contributed by atoms with Gasteiger partial charge in [0, 0.05) is 30.7 Å². The zero-order chi connectivity index (χ0) is 18.7. The number of hydrogen-bond donors (Lipinski definition) is 1. The minimum atomic E-state index is -3.22. The van der Waals surface area contributed by atoms with Gasteiger partial charge in [0.05, 0.1) is 11.5 Å². The van der Waals surface area contributed by atoms with Crippen LogP contribution in [0.1, 0.15) is 5.56 Å². The number of ether oxygens (including phenoxy) is 1. The number of aromatic nitrogens is 1. The second-order valence-corrected chi connectivity index (χ2v) is 8.10. The smallest absolute Gasteiger partial charge is 0.175 e. The van der Waals surface area contributed by atoms with Crippen molar-refractivity contribution < 1.29 is 13.2 Å². The molecule has 0 spiro atoms. The molecule has 0 bridgehead atoms. The van der Waals surface area contributed by atoms with Crippen molar-refractivity contribution in [1.82, 2.24) is 4.98 Å². The van der Waals surface area contributed by atoms with E-state index in [0.29, 0.717) is 12.4 Å². The number of nitrogen functional groups attached to an aromatic ring is 1. The maximum Gasteiger partial charge on any atom is 0.175 e. The van der Waals surface area contributed by atoms with E-state index < -0.39 is 9.84 Å². The summed E-state index contributed by atoms with van der Waals surface area (Å²) in [5, 5.41) is 0. The lowest BCUT2D eigenvalue weighted by Crippen LogP contribution is -1.97. The highest BCUT2D eigenvalue weighted by molar-refractivity contribution is 7.90. The zero-order valence-electron chi connectivity index (χ0n) is 14.6. The van der Waals surface area contributed by atoms with Crippen LogP contribution in [-0.4, -0.2) is 26.8 Å². The van der Waals surface area contributed by atoms with Crippen molar-refractivity contribution in [3.05, 3.63) is 66.4 Å². The maximum absolute atomic E-state index is 11.6. The van der Waals surface area contributed by atoms with E-state index in [1.807, 2.05) is 30.3 Å². The molecule has 0 unspecified atom stereocenters. The van der Waals surface area contributed by atoms with E-state index in [0.717, 1.165) is 27.8 Å². The number of nitrogens with zero attached hydrogens (tertiary/aromatic N) is 1. The number of benzene rings is 2. The van der Waals surface area contributed by atoms with Gasteiger partial charge in [-0.05, 0) is 41.0 Å². The van der Waals surface area contributed by atoms with Gasteiger partial charge in [-0.15, -0.1) is 0 Å². The summed E-state index contributed by atoms with van der Waals surface area (Å²) in [4.78, 5) is 4.60. The molecule has 0 aliphatic rings. The molecule has 0 radical (unpaired) electrons. The second-order valence-electron chi connectivity index (χ2n) is 6.09. The normalized spacial score (nSPS) is 11.5. The SMILES string of the molecule is COCc1cccc(-c2cc(-c3ccc(S(C)(=O)=O)cc3)cnc2N)c1. The van der Waals surface area contributed by atoms with Crippen molar-refractivity contribution in [1.29, 1.82) is 0 Å². The Morgan fingerprint density at radius 3 is 2.38 bits per heavy atom. The summed E-state index contributed by atoms with van der Waals surface area (Å²) in [5.74, 6) is 0.441. The van der Waals surface area contributed by atoms with Crippen LogP contribution in [-0.2, 0) is 21.2 Å². The van der Waals surface area contributed by atoms with Crippen molar-refractivity contribution in [3.8, 4) is 22.3 Å². The number of nitrogens with two attached hydrogens (primary N) is 1. The number of hydrogen-bond acceptors (Lipinski definition) is 5. The third kappa shape index (κ3) is 3.92. The van der Waals surface area contributed by atoms with E-state index in [9.17, 15) is 8.42 Å². The zero-order valence-corrected chi connectivity index (χ0v) is 15.5. The molecule has 1 heterocycles. The summed E-state index contributed by atoms with van der Waals surface area (Å²) in [6, 6.07) is 16.6. The first-order valence-corrected chi connectivity index (χ1v) is 9.92. The van der Waals surface area contributed by atoms with Crippen LogP contribution in [0.25, 0.3) is 22.3 Å². The van der Waals surface area contributed by atoms with Gasteiger partial charge in [-0.25, -0.2) is 13.4 Å². The molecule has 0 aliphatic carbocycles. The third-order valence-corrected chi connectivity index (χ3v) is 5.21. The van der Waals surface area contributed by atoms with Gasteiger partial charge in [-0.2, -0.15) is 0 Å². The fourth-order valence-electron chi connectivity index (χ4n) is 2.75. The van der Waals surface area contributed by atoms with Crippen molar-refractivity contribution in [2.45, 2.75) is 11.5 Å². The van der Waals surface area contributed by atoms with Gasteiger partial charge in [-0.1, -0.05) is 30.3 Å². The predicted molar refractivity (Wildman–Crippen MR) is 103 cm³/mol. The first-order valence-electron chi connectivity index (χ1n) is 8.03. The lowest BCUT2D eigenvalue weighted by Gasteiger charge is -2.10. The van der Waals surface area contributed by atoms with Crippen LogP contribution in [0.4, 0.5) is 5.82 Å². The first-order chi connectivity index (χ1) is 12.4. The van der Waals surface area contributed by atoms with E-state index in [2.05, 4.69) is 4.98 Å². The van der Waals surface area contributed by atoms with Crippen LogP contribution in [0.3, 0.4) is 0 Å². The fourth-order valence-corrected chi connectivity index (χ4v) is 3.38. The summed E-state index contributed by atoms with van der Waals surface area (Å²) in [6.07, 6.45) is 2.88. The Hall–Kier alpha value is -2.70. The second kappa shape index (κ2) is 7.27. The van der Waals surface area contributed by atoms with Crippen molar-refractivity contribution in [2.24, 2.45) is 0 Å². The van der Waals surface area contributed by atoms with Crippen LogP contribution >= 0.6 is 0 Å². The molecular weight excluding hydrogens is 348 g/mol. The van der Waals surface area contributed by atoms with Gasteiger partial charge in [0.15, 0.2) is 9.84 Å². The fraction of sp³-hybridized carbons (Fsp3) is 0.150. The minimum absolute atomic E-state index is 0.289. The Balaban J connectivity index is 2.01. The van der Waals surface area contributed by atoms with Crippen LogP contribution in [0.5, 0.6) is 0 Å². The number of methoxy groups -OCH3 is 1. The summed E-state index contributed by atoms with van der Waals surface area (Å²) >= 11 is 0. The monoisotopic (exact) mass is 368 g/mol. The molecule has 0 amide bonds. The quantitative estimate of drug-likeness (QED) is 0.745. The number of rotatable bonds is 5. The molecule has 2 N–H and O–H groups in total. The number of sulfone groups is 1. The lowest BCUT2D eigenvalue weighted by atomic mass is 10.00. The van der Waals surface area contributed by atoms with Gasteiger partial charge in [0.25, 0.3) is 0 Å². The molecule has 0 atom stereocenters. The Morgan fingerprint density at radius 2 is 1.73 bits per heavy atom. The predicted octanol–water partition coefficient (Wildman–Crippen LogP) is 3.55. The average Bonchev–Trinajstić information content (AvgIpc) is 2.62. The highest BCUT2D eigenvalue weighted by Crippen LogP contribution is 2.30. The largest absolute Gasteiger partial charge is 0.383 e. The highest BCUT2D eigenvalue weighted by Gasteiger charge is 2.10. The van der Waals surface area contributed by atoms with Crippen molar-refractivity contribution in [2.75, 3.05) is 19.1 Å². The summed E-state index contributed by atoms with van der Waals surface area (Å²) in [7, 11) is -1.56. The van der Waals surface area contributed by atoms with E-state index >= 15 is 0 Å². The Labute approximate surface area is 153 Å². The molecule has 0 fully saturated rings. The molecule has 26 heavy (non-hydrogen) atoms. The van der Waals surface area contributed by atoms with Crippen LogP contribution in [0.15, 0.2) is 65.7 Å². The van der Waals surface area contributed by atoms with E-state index in [-0.39, 0.29) is 4.90 Å². The molecule has 0 saturated carbocycles. The standard InChI is InChI=1S/C20H20N2O3S/c1-25-13-14-4-3-5-16(10-14)19-11-17(12-22-20(19)21)15-6-8-18(9-7-15)26(2,23)24/h3-12H,13H2,1-2H3,(H2,21,22). The Kier molecular flexibility index (Phi) is 5.06. The summed E-state index contributed by atoms with van der Waals surface area (Å²) in [5.41, 5.74) is 10.7. The molecule has 134 valence electrons. The lowest BCUT2D eigenvalue weighted by molar-refractivity contribution is 0.185. The van der Waals surface area contributed by atoms with Gasteiger partial charge in [0.2, 0.25) is 0 Å². The van der Waals surface area contributed by atoms with E-state index in [4.69, 9.17) is 10.5 Å². The molecular formula is C20H20N2O3S. The average molecular weight is 368 g/mol.